The minimum absolute atomic E-state index is 0.000871. The second-order valence-electron chi connectivity index (χ2n) is 8.67. The van der Waals surface area contributed by atoms with E-state index >= 15 is 0 Å². The molecule has 1 N–H and O–H groups in total. The van der Waals surface area contributed by atoms with Crippen LogP contribution in [0.15, 0.2) is 73.1 Å². The molecule has 3 aromatic rings. The van der Waals surface area contributed by atoms with Gasteiger partial charge in [0.15, 0.2) is 0 Å². The van der Waals surface area contributed by atoms with Crippen LogP contribution >= 0.6 is 0 Å². The summed E-state index contributed by atoms with van der Waals surface area (Å²) in [5, 5.41) is 3.26. The van der Waals surface area contributed by atoms with Crippen molar-refractivity contribution in [2.75, 3.05) is 32.7 Å². The lowest BCUT2D eigenvalue weighted by Gasteiger charge is -2.35. The number of imidazole rings is 1. The van der Waals surface area contributed by atoms with Crippen molar-refractivity contribution in [2.24, 2.45) is 0 Å². The van der Waals surface area contributed by atoms with Gasteiger partial charge in [-0.1, -0.05) is 74.5 Å². The first kappa shape index (κ1) is 22.1. The van der Waals surface area contributed by atoms with Gasteiger partial charge in [0.25, 0.3) is 0 Å². The zero-order valence-electron chi connectivity index (χ0n) is 19.0. The zero-order valence-corrected chi connectivity index (χ0v) is 19.0. The molecule has 2 amide bonds. The third-order valence-electron chi connectivity index (χ3n) is 6.11. The minimum Gasteiger partial charge on any atom is -0.333 e. The lowest BCUT2D eigenvalue weighted by Crippen LogP contribution is -2.52. The van der Waals surface area contributed by atoms with Crippen molar-refractivity contribution < 1.29 is 4.79 Å². The average molecular weight is 432 g/mol. The third kappa shape index (κ3) is 5.37. The molecule has 6 heteroatoms. The van der Waals surface area contributed by atoms with Gasteiger partial charge in [-0.05, 0) is 11.1 Å². The van der Waals surface area contributed by atoms with Gasteiger partial charge in [0, 0.05) is 57.6 Å². The van der Waals surface area contributed by atoms with Crippen molar-refractivity contribution in [3.05, 3.63) is 90.0 Å². The number of carbonyl (C=O) groups excluding carboxylic acids is 1. The van der Waals surface area contributed by atoms with Crippen LogP contribution in [-0.2, 0) is 6.54 Å². The van der Waals surface area contributed by atoms with Crippen LogP contribution in [0.4, 0.5) is 4.79 Å². The van der Waals surface area contributed by atoms with Crippen LogP contribution in [0.2, 0.25) is 0 Å². The van der Waals surface area contributed by atoms with Crippen LogP contribution in [0.1, 0.15) is 42.8 Å². The van der Waals surface area contributed by atoms with Crippen molar-refractivity contribution >= 4 is 6.03 Å². The lowest BCUT2D eigenvalue weighted by molar-refractivity contribution is 0.135. The number of piperazine rings is 1. The molecule has 2 heterocycles. The summed E-state index contributed by atoms with van der Waals surface area (Å²) in [4.78, 5) is 22.0. The molecular formula is C26H33N5O. The van der Waals surface area contributed by atoms with Crippen LogP contribution < -0.4 is 5.32 Å². The maximum atomic E-state index is 13.1. The van der Waals surface area contributed by atoms with Crippen molar-refractivity contribution in [3.63, 3.8) is 0 Å². The SMILES string of the molecule is CC(C)c1nccn1CCN1CCN(C(=O)NC(c2ccccc2)c2ccccc2)CC1. The number of urea groups is 1. The first-order valence-electron chi connectivity index (χ1n) is 11.5. The van der Waals surface area contributed by atoms with Gasteiger partial charge in [0.2, 0.25) is 0 Å². The minimum atomic E-state index is -0.154. The third-order valence-corrected chi connectivity index (χ3v) is 6.11. The highest BCUT2D eigenvalue weighted by Crippen LogP contribution is 2.22. The summed E-state index contributed by atoms with van der Waals surface area (Å²) < 4.78 is 2.24. The van der Waals surface area contributed by atoms with Crippen molar-refractivity contribution in [3.8, 4) is 0 Å². The zero-order chi connectivity index (χ0) is 22.3. The average Bonchev–Trinajstić information content (AvgIpc) is 3.32. The molecule has 6 nitrogen and oxygen atoms in total. The number of hydrogen-bond acceptors (Lipinski definition) is 3. The smallest absolute Gasteiger partial charge is 0.318 e. The summed E-state index contributed by atoms with van der Waals surface area (Å²) in [5.41, 5.74) is 2.18. The number of aromatic nitrogens is 2. The van der Waals surface area contributed by atoms with E-state index < -0.39 is 0 Å². The first-order valence-corrected chi connectivity index (χ1v) is 11.5. The van der Waals surface area contributed by atoms with Crippen LogP contribution in [0.5, 0.6) is 0 Å². The van der Waals surface area contributed by atoms with Gasteiger partial charge in [-0.3, -0.25) is 4.90 Å². The molecular weight excluding hydrogens is 398 g/mol. The Morgan fingerprint density at radius 2 is 1.50 bits per heavy atom. The largest absolute Gasteiger partial charge is 0.333 e. The van der Waals surface area contributed by atoms with E-state index in [1.54, 1.807) is 0 Å². The highest BCUT2D eigenvalue weighted by molar-refractivity contribution is 5.75. The van der Waals surface area contributed by atoms with Crippen LogP contribution in [0.25, 0.3) is 0 Å². The van der Waals surface area contributed by atoms with Crippen LogP contribution in [0.3, 0.4) is 0 Å². The fourth-order valence-electron chi connectivity index (χ4n) is 4.30. The molecule has 1 aliphatic heterocycles. The Labute approximate surface area is 190 Å². The maximum Gasteiger partial charge on any atom is 0.318 e. The van der Waals surface area contributed by atoms with Crippen LogP contribution in [-0.4, -0.2) is 58.1 Å². The number of nitrogens with one attached hydrogen (secondary N) is 1. The van der Waals surface area contributed by atoms with Crippen molar-refractivity contribution in [1.29, 1.82) is 0 Å². The molecule has 2 aromatic carbocycles. The molecule has 0 aliphatic carbocycles. The summed E-state index contributed by atoms with van der Waals surface area (Å²) in [5.74, 6) is 1.56. The second-order valence-corrected chi connectivity index (χ2v) is 8.67. The summed E-state index contributed by atoms with van der Waals surface area (Å²) in [6.45, 7) is 9.52. The first-order chi connectivity index (χ1) is 15.6. The van der Waals surface area contributed by atoms with Crippen molar-refractivity contribution in [2.45, 2.75) is 32.4 Å². The Bertz CT molecular complexity index is 938. The van der Waals surface area contributed by atoms with E-state index in [1.807, 2.05) is 47.5 Å². The predicted octanol–water partition coefficient (Wildman–Crippen LogP) is 4.12. The molecule has 0 spiro atoms. The number of nitrogens with zero attached hydrogens (tertiary/aromatic N) is 4. The molecule has 1 aromatic heterocycles. The van der Waals surface area contributed by atoms with Crippen molar-refractivity contribution in [1.82, 2.24) is 24.7 Å². The molecule has 32 heavy (non-hydrogen) atoms. The quantitative estimate of drug-likeness (QED) is 0.612. The van der Waals surface area contributed by atoms with E-state index in [2.05, 4.69) is 64.1 Å². The molecule has 168 valence electrons. The normalized spacial score (nSPS) is 14.8. The molecule has 4 rings (SSSR count). The molecule has 0 bridgehead atoms. The van der Waals surface area contributed by atoms with Gasteiger partial charge < -0.3 is 14.8 Å². The summed E-state index contributed by atoms with van der Waals surface area (Å²) in [7, 11) is 0. The van der Waals surface area contributed by atoms with E-state index in [0.717, 1.165) is 56.2 Å². The molecule has 1 aliphatic rings. The van der Waals surface area contributed by atoms with Gasteiger partial charge in [-0.15, -0.1) is 0 Å². The summed E-state index contributed by atoms with van der Waals surface area (Å²) >= 11 is 0. The number of amides is 2. The van der Waals surface area contributed by atoms with Gasteiger partial charge in [0.1, 0.15) is 5.82 Å². The summed E-state index contributed by atoms with van der Waals surface area (Å²) in [6, 6.07) is 20.2. The maximum absolute atomic E-state index is 13.1. The molecule has 0 atom stereocenters. The molecule has 1 fully saturated rings. The standard InChI is InChI=1S/C26H33N5O/c1-21(2)25-27-13-14-30(25)18-15-29-16-19-31(20-17-29)26(32)28-24(22-9-5-3-6-10-22)23-11-7-4-8-12-23/h3-14,21,24H,15-20H2,1-2H3,(H,28,32). The van der Waals surface area contributed by atoms with E-state index in [9.17, 15) is 4.79 Å². The van der Waals surface area contributed by atoms with Gasteiger partial charge in [-0.25, -0.2) is 9.78 Å². The van der Waals surface area contributed by atoms with Gasteiger partial charge >= 0.3 is 6.03 Å². The molecule has 0 unspecified atom stereocenters. The highest BCUT2D eigenvalue weighted by Gasteiger charge is 2.24. The number of carbonyl (C=O) groups is 1. The van der Waals surface area contributed by atoms with Gasteiger partial charge in [0.05, 0.1) is 6.04 Å². The number of rotatable bonds is 7. The Hall–Kier alpha value is -3.12. The van der Waals surface area contributed by atoms with E-state index in [1.165, 1.54) is 0 Å². The molecule has 0 radical (unpaired) electrons. The fraction of sp³-hybridized carbons (Fsp3) is 0.385. The Morgan fingerprint density at radius 3 is 2.06 bits per heavy atom. The monoisotopic (exact) mass is 431 g/mol. The van der Waals surface area contributed by atoms with Crippen LogP contribution in [0, 0.1) is 0 Å². The van der Waals surface area contributed by atoms with Gasteiger partial charge in [-0.2, -0.15) is 0 Å². The molecule has 1 saturated heterocycles. The number of benzene rings is 2. The number of hydrogen-bond donors (Lipinski definition) is 1. The Balaban J connectivity index is 1.33. The second kappa shape index (κ2) is 10.5. The van der Waals surface area contributed by atoms with E-state index in [4.69, 9.17) is 0 Å². The Kier molecular flexibility index (Phi) is 7.22. The topological polar surface area (TPSA) is 53.4 Å². The van der Waals surface area contributed by atoms with E-state index in [-0.39, 0.29) is 12.1 Å². The molecule has 0 saturated carbocycles. The highest BCUT2D eigenvalue weighted by atomic mass is 16.2. The Morgan fingerprint density at radius 1 is 0.906 bits per heavy atom. The van der Waals surface area contributed by atoms with E-state index in [0.29, 0.717) is 5.92 Å². The lowest BCUT2D eigenvalue weighted by atomic mass is 9.99. The fourth-order valence-corrected chi connectivity index (χ4v) is 4.30. The predicted molar refractivity (Wildman–Crippen MR) is 128 cm³/mol. The summed E-state index contributed by atoms with van der Waals surface area (Å²) in [6.07, 6.45) is 3.94.